The number of pyridine rings is 1. The Morgan fingerprint density at radius 2 is 2.20 bits per heavy atom. The molecule has 5 heterocycles. The number of hydrogen-bond donors (Lipinski definition) is 0. The number of carbonyl (C=O) groups is 1. The maximum Gasteiger partial charge on any atom is 0.281 e. The van der Waals surface area contributed by atoms with Gasteiger partial charge in [0.15, 0.2) is 5.65 Å². The molecule has 1 aromatic carbocycles. The van der Waals surface area contributed by atoms with Gasteiger partial charge in [0.05, 0.1) is 16.6 Å². The number of likely N-dealkylation sites (tertiary alicyclic amines) is 2. The number of benzene rings is 1. The van der Waals surface area contributed by atoms with E-state index in [2.05, 4.69) is 20.9 Å². The third kappa shape index (κ3) is 2.95. The molecule has 1 amide bonds. The number of fused-ring (bicyclic) bond motifs is 4. The van der Waals surface area contributed by atoms with Gasteiger partial charge in [0.2, 0.25) is 5.91 Å². The van der Waals surface area contributed by atoms with E-state index in [0.29, 0.717) is 22.9 Å². The highest BCUT2D eigenvalue weighted by molar-refractivity contribution is 7.20. The number of rotatable bonds is 4. The predicted molar refractivity (Wildman–Crippen MR) is 114 cm³/mol. The number of hydrogen-bond acceptors (Lipinski definition) is 7. The molecule has 2 bridgehead atoms. The molecule has 2 saturated heterocycles. The zero-order valence-corrected chi connectivity index (χ0v) is 17.3. The molecule has 152 valence electrons. The fourth-order valence-electron chi connectivity index (χ4n) is 4.67. The summed E-state index contributed by atoms with van der Waals surface area (Å²) in [4.78, 5) is 24.9. The van der Waals surface area contributed by atoms with Crippen LogP contribution in [-0.4, -0.2) is 50.8 Å². The van der Waals surface area contributed by atoms with Crippen LogP contribution in [0.4, 0.5) is 0 Å². The SMILES string of the molecule is CC(=O)N1C[C@H]2C[C@H]1CN2Cc1cc2c(Oc3nc4ncccc4s3)cccc2o1. The molecule has 2 fully saturated rings. The average molecular weight is 420 g/mol. The maximum atomic E-state index is 11.7. The lowest BCUT2D eigenvalue weighted by Crippen LogP contribution is -2.47. The second-order valence-corrected chi connectivity index (χ2v) is 8.93. The molecule has 0 saturated carbocycles. The summed E-state index contributed by atoms with van der Waals surface area (Å²) in [6.07, 6.45) is 2.79. The van der Waals surface area contributed by atoms with Crippen LogP contribution in [0.25, 0.3) is 21.3 Å². The smallest absolute Gasteiger partial charge is 0.281 e. The molecule has 2 aliphatic rings. The third-order valence-corrected chi connectivity index (χ3v) is 6.92. The first-order valence-corrected chi connectivity index (χ1v) is 10.9. The van der Waals surface area contributed by atoms with Crippen LogP contribution in [-0.2, 0) is 11.3 Å². The number of carbonyl (C=O) groups excluding carboxylic acids is 1. The Morgan fingerprint density at radius 3 is 3.00 bits per heavy atom. The van der Waals surface area contributed by atoms with Crippen LogP contribution in [0, 0.1) is 0 Å². The minimum absolute atomic E-state index is 0.178. The first-order valence-electron chi connectivity index (χ1n) is 10.1. The van der Waals surface area contributed by atoms with Crippen molar-refractivity contribution < 1.29 is 13.9 Å². The van der Waals surface area contributed by atoms with Crippen LogP contribution in [0.1, 0.15) is 19.1 Å². The van der Waals surface area contributed by atoms with Crippen molar-refractivity contribution in [2.24, 2.45) is 0 Å². The van der Waals surface area contributed by atoms with E-state index >= 15 is 0 Å². The van der Waals surface area contributed by atoms with Gasteiger partial charge in [0.25, 0.3) is 5.19 Å². The van der Waals surface area contributed by atoms with Gasteiger partial charge in [0.1, 0.15) is 17.1 Å². The molecule has 6 rings (SSSR count). The van der Waals surface area contributed by atoms with Crippen molar-refractivity contribution in [3.05, 3.63) is 48.4 Å². The zero-order chi connectivity index (χ0) is 20.2. The van der Waals surface area contributed by atoms with E-state index in [-0.39, 0.29) is 5.91 Å². The van der Waals surface area contributed by atoms with Crippen molar-refractivity contribution in [2.45, 2.75) is 32.0 Å². The number of ether oxygens (including phenoxy) is 1. The van der Waals surface area contributed by atoms with Crippen LogP contribution in [0.2, 0.25) is 0 Å². The Kier molecular flexibility index (Phi) is 4.04. The van der Waals surface area contributed by atoms with Crippen LogP contribution in [0.3, 0.4) is 0 Å². The topological polar surface area (TPSA) is 71.7 Å². The van der Waals surface area contributed by atoms with Gasteiger partial charge in [0, 0.05) is 38.3 Å². The Bertz CT molecular complexity index is 1230. The van der Waals surface area contributed by atoms with E-state index in [9.17, 15) is 4.79 Å². The van der Waals surface area contributed by atoms with E-state index in [0.717, 1.165) is 53.2 Å². The lowest BCUT2D eigenvalue weighted by atomic mass is 10.2. The van der Waals surface area contributed by atoms with Gasteiger partial charge in [-0.15, -0.1) is 0 Å². The first-order chi connectivity index (χ1) is 14.6. The van der Waals surface area contributed by atoms with Crippen LogP contribution in [0.15, 0.2) is 47.0 Å². The second-order valence-electron chi connectivity index (χ2n) is 7.93. The summed E-state index contributed by atoms with van der Waals surface area (Å²) in [5.74, 6) is 1.82. The summed E-state index contributed by atoms with van der Waals surface area (Å²) in [6, 6.07) is 12.5. The van der Waals surface area contributed by atoms with Crippen molar-refractivity contribution in [1.29, 1.82) is 0 Å². The Morgan fingerprint density at radius 1 is 1.27 bits per heavy atom. The minimum atomic E-state index is 0.178. The van der Waals surface area contributed by atoms with Crippen molar-refractivity contribution >= 4 is 38.6 Å². The zero-order valence-electron chi connectivity index (χ0n) is 16.4. The molecule has 0 spiro atoms. The molecule has 0 unspecified atom stereocenters. The Labute approximate surface area is 176 Å². The molecule has 3 aromatic heterocycles. The lowest BCUT2D eigenvalue weighted by Gasteiger charge is -2.33. The molecule has 0 radical (unpaired) electrons. The number of thiazole rings is 1. The molecule has 4 aromatic rings. The molecule has 0 aliphatic carbocycles. The number of amides is 1. The van der Waals surface area contributed by atoms with Crippen molar-refractivity contribution in [2.75, 3.05) is 13.1 Å². The van der Waals surface area contributed by atoms with Gasteiger partial charge in [-0.2, -0.15) is 4.98 Å². The monoisotopic (exact) mass is 420 g/mol. The van der Waals surface area contributed by atoms with Crippen molar-refractivity contribution in [3.8, 4) is 10.9 Å². The van der Waals surface area contributed by atoms with Gasteiger partial charge in [-0.1, -0.05) is 17.4 Å². The molecular weight excluding hydrogens is 400 g/mol. The Balaban J connectivity index is 1.24. The van der Waals surface area contributed by atoms with Crippen molar-refractivity contribution in [3.63, 3.8) is 0 Å². The van der Waals surface area contributed by atoms with E-state index in [1.54, 1.807) is 13.1 Å². The summed E-state index contributed by atoms with van der Waals surface area (Å²) >= 11 is 1.48. The average Bonchev–Trinajstić information content (AvgIpc) is 3.49. The van der Waals surface area contributed by atoms with E-state index in [4.69, 9.17) is 9.15 Å². The maximum absolute atomic E-state index is 11.7. The quantitative estimate of drug-likeness (QED) is 0.496. The van der Waals surface area contributed by atoms with Gasteiger partial charge in [-0.05, 0) is 36.8 Å². The second kappa shape index (κ2) is 6.78. The van der Waals surface area contributed by atoms with Gasteiger partial charge < -0.3 is 14.1 Å². The highest BCUT2D eigenvalue weighted by atomic mass is 32.1. The van der Waals surface area contributed by atoms with Gasteiger partial charge in [-0.3, -0.25) is 9.69 Å². The summed E-state index contributed by atoms with van der Waals surface area (Å²) in [7, 11) is 0. The molecular formula is C22H20N4O3S. The largest absolute Gasteiger partial charge is 0.460 e. The summed E-state index contributed by atoms with van der Waals surface area (Å²) < 4.78 is 13.2. The number of aromatic nitrogens is 2. The molecule has 7 nitrogen and oxygen atoms in total. The van der Waals surface area contributed by atoms with Crippen LogP contribution in [0.5, 0.6) is 10.9 Å². The Hall–Kier alpha value is -2.97. The highest BCUT2D eigenvalue weighted by Gasteiger charge is 2.44. The standard InChI is InChI=1S/C22H20N4O3S/c1-13(27)26-11-14-8-15(26)10-25(14)12-16-9-17-18(28-16)4-2-5-19(17)29-22-24-21-20(30-22)6-3-7-23-21/h2-7,9,14-15H,8,10-12H2,1H3/t14-,15+/m1/s1. The minimum Gasteiger partial charge on any atom is -0.460 e. The van der Waals surface area contributed by atoms with Crippen LogP contribution < -0.4 is 4.74 Å². The summed E-state index contributed by atoms with van der Waals surface area (Å²) in [5.41, 5.74) is 1.50. The molecule has 2 aliphatic heterocycles. The van der Waals surface area contributed by atoms with Gasteiger partial charge in [-0.25, -0.2) is 4.98 Å². The number of piperazine rings is 1. The van der Waals surface area contributed by atoms with Crippen molar-refractivity contribution in [1.82, 2.24) is 19.8 Å². The molecule has 0 N–H and O–H groups in total. The first kappa shape index (κ1) is 17.9. The number of furan rings is 1. The molecule has 30 heavy (non-hydrogen) atoms. The molecule has 2 atom stereocenters. The summed E-state index contributed by atoms with van der Waals surface area (Å²) in [6.45, 7) is 4.13. The normalized spacial score (nSPS) is 21.2. The fraction of sp³-hybridized carbons (Fsp3) is 0.318. The number of nitrogens with zero attached hydrogens (tertiary/aromatic N) is 4. The third-order valence-electron chi connectivity index (χ3n) is 6.03. The lowest BCUT2D eigenvalue weighted by molar-refractivity contribution is -0.131. The van der Waals surface area contributed by atoms with Gasteiger partial charge >= 0.3 is 0 Å². The fourth-order valence-corrected chi connectivity index (χ4v) is 5.46. The molecule has 8 heteroatoms. The summed E-state index contributed by atoms with van der Waals surface area (Å²) in [5, 5.41) is 1.51. The van der Waals surface area contributed by atoms with E-state index in [1.165, 1.54) is 11.3 Å². The van der Waals surface area contributed by atoms with Crippen LogP contribution >= 0.6 is 11.3 Å². The highest BCUT2D eigenvalue weighted by Crippen LogP contribution is 2.37. The van der Waals surface area contributed by atoms with E-state index < -0.39 is 0 Å². The van der Waals surface area contributed by atoms with E-state index in [1.807, 2.05) is 35.2 Å². The predicted octanol–water partition coefficient (Wildman–Crippen LogP) is 4.03.